The molecule has 1 aromatic carbocycles. The number of rotatable bonds is 3. The predicted molar refractivity (Wildman–Crippen MR) is 118 cm³/mol. The SMILES string of the molecule is C[C@]12CC[C@H]3[C@@H](CC=C4OC(=O)C([13C]([13CH3])=O)C[C@@]43C)[C@@H]1CC[C@@H]2OC(=O)c1ccccc1. The van der Waals surface area contributed by atoms with Crippen molar-refractivity contribution >= 4 is 17.7 Å². The molecule has 3 fully saturated rings. The van der Waals surface area contributed by atoms with Gasteiger partial charge < -0.3 is 9.47 Å². The predicted octanol–water partition coefficient (Wildman–Crippen LogP) is 5.10. The van der Waals surface area contributed by atoms with Crippen LogP contribution in [0.4, 0.5) is 0 Å². The minimum atomic E-state index is -0.660. The van der Waals surface area contributed by atoms with Crippen LogP contribution in [-0.4, -0.2) is 23.8 Å². The van der Waals surface area contributed by atoms with Crippen LogP contribution in [-0.2, 0) is 19.1 Å². The third-order valence-corrected chi connectivity index (χ3v) is 9.18. The summed E-state index contributed by atoms with van der Waals surface area (Å²) in [5.41, 5.74) is 0.275. The molecule has 5 rings (SSSR count). The number of carbonyl (C=O) groups excluding carboxylic acids is 3. The lowest BCUT2D eigenvalue weighted by Gasteiger charge is -2.56. The molecule has 5 heteroatoms. The molecule has 0 amide bonds. The lowest BCUT2D eigenvalue weighted by molar-refractivity contribution is -0.163. The fourth-order valence-corrected chi connectivity index (χ4v) is 7.39. The van der Waals surface area contributed by atoms with Gasteiger partial charge in [-0.25, -0.2) is 4.79 Å². The molecule has 7 atom stereocenters. The van der Waals surface area contributed by atoms with Gasteiger partial charge in [0.05, 0.1) is 5.56 Å². The summed E-state index contributed by atoms with van der Waals surface area (Å²) in [4.78, 5) is 37.2. The third kappa shape index (κ3) is 3.15. The number of esters is 2. The van der Waals surface area contributed by atoms with Gasteiger partial charge in [-0.3, -0.25) is 9.59 Å². The summed E-state index contributed by atoms with van der Waals surface area (Å²) in [6.07, 6.45) is 7.36. The lowest BCUT2D eigenvalue weighted by atomic mass is 9.50. The minimum Gasteiger partial charge on any atom is -0.458 e. The molecule has 2 saturated carbocycles. The topological polar surface area (TPSA) is 69.7 Å². The largest absolute Gasteiger partial charge is 0.458 e. The van der Waals surface area contributed by atoms with Crippen molar-refractivity contribution in [1.29, 1.82) is 0 Å². The molecule has 0 N–H and O–H groups in total. The molecule has 0 aromatic heterocycles. The maximum atomic E-state index is 12.8. The second-order valence-electron chi connectivity index (χ2n) is 10.8. The zero-order chi connectivity index (χ0) is 22.7. The smallest absolute Gasteiger partial charge is 0.338 e. The van der Waals surface area contributed by atoms with Crippen molar-refractivity contribution in [1.82, 2.24) is 0 Å². The Morgan fingerprint density at radius 3 is 2.53 bits per heavy atom. The van der Waals surface area contributed by atoms with E-state index in [1.807, 2.05) is 18.2 Å². The first-order valence-corrected chi connectivity index (χ1v) is 11.9. The van der Waals surface area contributed by atoms with Crippen molar-refractivity contribution in [2.45, 2.75) is 65.4 Å². The Kier molecular flexibility index (Phi) is 5.06. The Hall–Kier alpha value is -2.43. The molecule has 32 heavy (non-hydrogen) atoms. The normalized spacial score (nSPS) is 40.3. The number of hydrogen-bond donors (Lipinski definition) is 0. The number of ether oxygens (including phenoxy) is 2. The van der Waals surface area contributed by atoms with E-state index in [1.165, 1.54) is 6.92 Å². The molecule has 1 aliphatic heterocycles. The molecule has 1 saturated heterocycles. The Bertz CT molecular complexity index is 981. The van der Waals surface area contributed by atoms with Gasteiger partial charge in [0.15, 0.2) is 0 Å². The molecule has 0 radical (unpaired) electrons. The van der Waals surface area contributed by atoms with Crippen LogP contribution in [0.5, 0.6) is 0 Å². The summed E-state index contributed by atoms with van der Waals surface area (Å²) in [5, 5.41) is 0. The third-order valence-electron chi connectivity index (χ3n) is 9.18. The van der Waals surface area contributed by atoms with E-state index < -0.39 is 11.9 Å². The van der Waals surface area contributed by atoms with E-state index in [2.05, 4.69) is 19.9 Å². The van der Waals surface area contributed by atoms with Gasteiger partial charge in [-0.1, -0.05) is 32.0 Å². The summed E-state index contributed by atoms with van der Waals surface area (Å²) < 4.78 is 11.8. The Labute approximate surface area is 189 Å². The second kappa shape index (κ2) is 7.57. The van der Waals surface area contributed by atoms with Gasteiger partial charge in [-0.2, -0.15) is 0 Å². The molecule has 1 unspecified atom stereocenters. The van der Waals surface area contributed by atoms with E-state index in [1.54, 1.807) is 12.1 Å². The summed E-state index contributed by atoms with van der Waals surface area (Å²) in [7, 11) is 0. The summed E-state index contributed by atoms with van der Waals surface area (Å²) in [5.74, 6) is 0.660. The second-order valence-corrected chi connectivity index (χ2v) is 10.8. The maximum absolute atomic E-state index is 12.8. The summed E-state index contributed by atoms with van der Waals surface area (Å²) in [6, 6.07) is 9.23. The van der Waals surface area contributed by atoms with Crippen LogP contribution in [0.2, 0.25) is 0 Å². The first-order valence-electron chi connectivity index (χ1n) is 11.9. The zero-order valence-electron chi connectivity index (χ0n) is 19.1. The highest BCUT2D eigenvalue weighted by Gasteiger charge is 2.61. The lowest BCUT2D eigenvalue weighted by Crippen LogP contribution is -2.53. The summed E-state index contributed by atoms with van der Waals surface area (Å²) in [6.45, 7) is 5.97. The summed E-state index contributed by atoms with van der Waals surface area (Å²) >= 11 is 0. The van der Waals surface area contributed by atoms with Gasteiger partial charge in [-0.15, -0.1) is 0 Å². The first-order chi connectivity index (χ1) is 15.2. The number of fused-ring (bicyclic) bond motifs is 5. The van der Waals surface area contributed by atoms with E-state index in [9.17, 15) is 14.4 Å². The van der Waals surface area contributed by atoms with Gasteiger partial charge >= 0.3 is 11.9 Å². The molecule has 1 heterocycles. The minimum absolute atomic E-state index is 0.0430. The number of allylic oxidation sites excluding steroid dienone is 2. The number of ketones is 1. The van der Waals surface area contributed by atoms with Crippen LogP contribution in [0, 0.1) is 34.5 Å². The average molecular weight is 439 g/mol. The Balaban J connectivity index is 1.38. The van der Waals surface area contributed by atoms with E-state index in [4.69, 9.17) is 9.47 Å². The van der Waals surface area contributed by atoms with Crippen molar-refractivity contribution in [2.24, 2.45) is 34.5 Å². The average Bonchev–Trinajstić information content (AvgIpc) is 3.10. The molecule has 3 aliphatic carbocycles. The van der Waals surface area contributed by atoms with Crippen molar-refractivity contribution in [3.8, 4) is 0 Å². The Morgan fingerprint density at radius 1 is 1.06 bits per heavy atom. The van der Waals surface area contributed by atoms with Crippen LogP contribution in [0.1, 0.15) is 69.7 Å². The molecular weight excluding hydrogens is 406 g/mol. The molecule has 4 aliphatic rings. The zero-order valence-corrected chi connectivity index (χ0v) is 19.1. The first kappa shape index (κ1) is 21.4. The van der Waals surface area contributed by atoms with E-state index in [-0.39, 0.29) is 28.7 Å². The maximum Gasteiger partial charge on any atom is 0.338 e. The van der Waals surface area contributed by atoms with Gasteiger partial charge in [0.2, 0.25) is 0 Å². The highest BCUT2D eigenvalue weighted by Crippen LogP contribution is 2.65. The number of hydrogen-bond acceptors (Lipinski definition) is 5. The van der Waals surface area contributed by atoms with Crippen LogP contribution in [0.25, 0.3) is 0 Å². The Morgan fingerprint density at radius 2 is 1.81 bits per heavy atom. The van der Waals surface area contributed by atoms with E-state index in [0.29, 0.717) is 29.7 Å². The number of carbonyl (C=O) groups is 3. The van der Waals surface area contributed by atoms with Gasteiger partial charge in [-0.05, 0) is 81.4 Å². The highest BCUT2D eigenvalue weighted by molar-refractivity contribution is 5.98. The number of Topliss-reactive ketones (excluding diaryl/α,β-unsaturated/α-hetero) is 1. The molecular formula is C27H32O5. The van der Waals surface area contributed by atoms with Crippen LogP contribution in [0.3, 0.4) is 0 Å². The van der Waals surface area contributed by atoms with Crippen molar-refractivity contribution in [2.75, 3.05) is 0 Å². The molecule has 5 nitrogen and oxygen atoms in total. The molecule has 170 valence electrons. The van der Waals surface area contributed by atoms with Gasteiger partial charge in [0.25, 0.3) is 0 Å². The van der Waals surface area contributed by atoms with Gasteiger partial charge in [0, 0.05) is 10.8 Å². The van der Waals surface area contributed by atoms with Crippen LogP contribution < -0.4 is 0 Å². The van der Waals surface area contributed by atoms with Crippen molar-refractivity contribution in [3.05, 3.63) is 47.7 Å². The van der Waals surface area contributed by atoms with Gasteiger partial charge in [0.1, 0.15) is 23.6 Å². The van der Waals surface area contributed by atoms with E-state index >= 15 is 0 Å². The number of benzene rings is 1. The standard InChI is InChI=1S/C27H32O5/c1-16(28)19-15-27(3)21-13-14-26(2)20(18(21)9-11-23(27)32-25(19)30)10-12-22(26)31-24(29)17-7-5-4-6-8-17/h4-8,11,18-22H,9-10,12-15H2,1-3H3/t18-,19?,20-,21-,22-,26-,27+/m0/s1/i1+1,16+1. The highest BCUT2D eigenvalue weighted by atomic mass is 16.5. The fourth-order valence-electron chi connectivity index (χ4n) is 7.39. The van der Waals surface area contributed by atoms with E-state index in [0.717, 1.165) is 37.9 Å². The van der Waals surface area contributed by atoms with Crippen molar-refractivity contribution < 1.29 is 23.9 Å². The fraction of sp³-hybridized carbons (Fsp3) is 0.593. The van der Waals surface area contributed by atoms with Crippen LogP contribution >= 0.6 is 0 Å². The quantitative estimate of drug-likeness (QED) is 0.373. The molecule has 0 spiro atoms. The molecule has 0 bridgehead atoms. The van der Waals surface area contributed by atoms with Crippen molar-refractivity contribution in [3.63, 3.8) is 0 Å². The van der Waals surface area contributed by atoms with Crippen LogP contribution in [0.15, 0.2) is 42.2 Å². The monoisotopic (exact) mass is 438 g/mol. The molecule has 1 aromatic rings.